The topological polar surface area (TPSA) is 97.2 Å². The van der Waals surface area contributed by atoms with Crippen molar-refractivity contribution in [3.05, 3.63) is 71.8 Å². The van der Waals surface area contributed by atoms with E-state index in [1.54, 1.807) is 35.2 Å². The molecule has 0 bridgehead atoms. The third-order valence-electron chi connectivity index (χ3n) is 4.52. The highest BCUT2D eigenvalue weighted by Gasteiger charge is 2.08. The van der Waals surface area contributed by atoms with E-state index < -0.39 is 0 Å². The maximum Gasteiger partial charge on any atom is 0.251 e. The van der Waals surface area contributed by atoms with Crippen LogP contribution < -0.4 is 5.32 Å². The number of fused-ring (bicyclic) bond motifs is 1. The molecule has 31 heavy (non-hydrogen) atoms. The van der Waals surface area contributed by atoms with Gasteiger partial charge in [0.15, 0.2) is 5.65 Å². The molecule has 0 saturated heterocycles. The van der Waals surface area contributed by atoms with Crippen molar-refractivity contribution in [3.8, 4) is 23.1 Å². The van der Waals surface area contributed by atoms with E-state index in [-0.39, 0.29) is 5.91 Å². The summed E-state index contributed by atoms with van der Waals surface area (Å²) < 4.78 is 7.09. The second kappa shape index (κ2) is 9.69. The van der Waals surface area contributed by atoms with Crippen molar-refractivity contribution in [2.75, 3.05) is 19.8 Å². The summed E-state index contributed by atoms with van der Waals surface area (Å²) in [6.07, 6.45) is 6.04. The number of H-pyrrole nitrogens is 1. The number of aromatic amines is 1. The zero-order valence-corrected chi connectivity index (χ0v) is 17.1. The third kappa shape index (κ3) is 4.97. The number of hydrogen-bond acceptors (Lipinski definition) is 5. The van der Waals surface area contributed by atoms with Gasteiger partial charge in [0, 0.05) is 30.5 Å². The number of amides is 1. The molecule has 0 saturated carbocycles. The first-order valence-electron chi connectivity index (χ1n) is 10.1. The van der Waals surface area contributed by atoms with Gasteiger partial charge in [-0.2, -0.15) is 10.2 Å². The van der Waals surface area contributed by atoms with Crippen molar-refractivity contribution in [1.82, 2.24) is 30.1 Å². The highest BCUT2D eigenvalue weighted by molar-refractivity contribution is 5.94. The zero-order valence-electron chi connectivity index (χ0n) is 17.1. The molecule has 0 unspecified atom stereocenters. The standard InChI is InChI=1S/C23H22N6O2/c1-2-12-31-13-11-24-23(30)19-6-4-18(5-7-19)21-9-10-22-25-16-20(29(22)28-21)8-3-17-14-26-27-15-17/h4-7,9-10,14-16H,2,11-13H2,1H3,(H,24,30)(H,26,27). The summed E-state index contributed by atoms with van der Waals surface area (Å²) in [4.78, 5) is 16.6. The Balaban J connectivity index is 1.48. The molecule has 0 aliphatic carbocycles. The van der Waals surface area contributed by atoms with Gasteiger partial charge >= 0.3 is 0 Å². The summed E-state index contributed by atoms with van der Waals surface area (Å²) in [6, 6.07) is 11.1. The lowest BCUT2D eigenvalue weighted by Gasteiger charge is -2.07. The summed E-state index contributed by atoms with van der Waals surface area (Å²) in [7, 11) is 0. The van der Waals surface area contributed by atoms with Crippen molar-refractivity contribution in [3.63, 3.8) is 0 Å². The Kier molecular flexibility index (Phi) is 6.35. The van der Waals surface area contributed by atoms with Gasteiger partial charge in [-0.3, -0.25) is 9.89 Å². The van der Waals surface area contributed by atoms with Crippen LogP contribution in [0.3, 0.4) is 0 Å². The van der Waals surface area contributed by atoms with Crippen LogP contribution in [0.2, 0.25) is 0 Å². The van der Waals surface area contributed by atoms with Gasteiger partial charge in [-0.25, -0.2) is 9.50 Å². The van der Waals surface area contributed by atoms with E-state index >= 15 is 0 Å². The van der Waals surface area contributed by atoms with Crippen LogP contribution in [0, 0.1) is 11.8 Å². The lowest BCUT2D eigenvalue weighted by Crippen LogP contribution is -2.27. The van der Waals surface area contributed by atoms with E-state index in [2.05, 4.69) is 44.4 Å². The van der Waals surface area contributed by atoms with E-state index in [0.29, 0.717) is 36.7 Å². The lowest BCUT2D eigenvalue weighted by atomic mass is 10.1. The Morgan fingerprint density at radius 1 is 1.13 bits per heavy atom. The fourth-order valence-electron chi connectivity index (χ4n) is 2.95. The van der Waals surface area contributed by atoms with E-state index in [0.717, 1.165) is 23.2 Å². The van der Waals surface area contributed by atoms with Crippen LogP contribution in [0.4, 0.5) is 0 Å². The molecule has 8 nitrogen and oxygen atoms in total. The molecule has 4 aromatic rings. The zero-order chi connectivity index (χ0) is 21.5. The first kappa shape index (κ1) is 20.3. The number of ether oxygens (including phenoxy) is 1. The van der Waals surface area contributed by atoms with Gasteiger partial charge in [-0.05, 0) is 36.6 Å². The minimum absolute atomic E-state index is 0.124. The Morgan fingerprint density at radius 2 is 2.00 bits per heavy atom. The number of aromatic nitrogens is 5. The van der Waals surface area contributed by atoms with Gasteiger partial charge in [0.2, 0.25) is 0 Å². The molecule has 3 aromatic heterocycles. The Labute approximate surface area is 179 Å². The fraction of sp³-hybridized carbons (Fsp3) is 0.217. The Hall–Kier alpha value is -3.96. The van der Waals surface area contributed by atoms with Gasteiger partial charge in [0.25, 0.3) is 5.91 Å². The quantitative estimate of drug-likeness (QED) is 0.358. The first-order chi connectivity index (χ1) is 15.2. The van der Waals surface area contributed by atoms with Crippen LogP contribution in [0.5, 0.6) is 0 Å². The number of rotatable bonds is 7. The number of nitrogens with zero attached hydrogens (tertiary/aromatic N) is 4. The van der Waals surface area contributed by atoms with Gasteiger partial charge in [0.05, 0.1) is 30.3 Å². The van der Waals surface area contributed by atoms with Crippen LogP contribution in [0.1, 0.15) is 35.0 Å². The molecule has 0 aliphatic heterocycles. The van der Waals surface area contributed by atoms with Crippen LogP contribution in [0.15, 0.2) is 55.0 Å². The van der Waals surface area contributed by atoms with Crippen LogP contribution in [-0.2, 0) is 4.74 Å². The van der Waals surface area contributed by atoms with Gasteiger partial charge in [0.1, 0.15) is 5.69 Å². The van der Waals surface area contributed by atoms with Gasteiger partial charge in [-0.15, -0.1) is 0 Å². The molecule has 4 rings (SSSR count). The molecule has 3 heterocycles. The fourth-order valence-corrected chi connectivity index (χ4v) is 2.95. The van der Waals surface area contributed by atoms with Crippen LogP contribution in [-0.4, -0.2) is 50.5 Å². The summed E-state index contributed by atoms with van der Waals surface area (Å²) >= 11 is 0. The maximum atomic E-state index is 12.3. The van der Waals surface area contributed by atoms with Crippen molar-refractivity contribution in [2.24, 2.45) is 0 Å². The highest BCUT2D eigenvalue weighted by Crippen LogP contribution is 2.18. The molecule has 8 heteroatoms. The number of imidazole rings is 1. The normalized spacial score (nSPS) is 10.6. The lowest BCUT2D eigenvalue weighted by molar-refractivity contribution is 0.0915. The smallest absolute Gasteiger partial charge is 0.251 e. The number of carbonyl (C=O) groups excluding carboxylic acids is 1. The predicted octanol–water partition coefficient (Wildman–Crippen LogP) is 2.68. The number of benzene rings is 1. The second-order valence-corrected chi connectivity index (χ2v) is 6.81. The van der Waals surface area contributed by atoms with Crippen molar-refractivity contribution in [1.29, 1.82) is 0 Å². The number of hydrogen-bond donors (Lipinski definition) is 2. The molecular formula is C23H22N6O2. The molecule has 2 N–H and O–H groups in total. The monoisotopic (exact) mass is 414 g/mol. The summed E-state index contributed by atoms with van der Waals surface area (Å²) in [6.45, 7) is 3.75. The summed E-state index contributed by atoms with van der Waals surface area (Å²) in [5.74, 6) is 5.97. The third-order valence-corrected chi connectivity index (χ3v) is 4.52. The molecule has 0 aliphatic rings. The van der Waals surface area contributed by atoms with Crippen molar-refractivity contribution in [2.45, 2.75) is 13.3 Å². The average molecular weight is 414 g/mol. The largest absolute Gasteiger partial charge is 0.380 e. The highest BCUT2D eigenvalue weighted by atomic mass is 16.5. The summed E-state index contributed by atoms with van der Waals surface area (Å²) in [5, 5.41) is 14.1. The maximum absolute atomic E-state index is 12.3. The SMILES string of the molecule is CCCOCCNC(=O)c1ccc(-c2ccc3ncc(C#Cc4cn[nH]c4)n3n2)cc1. The molecule has 0 atom stereocenters. The van der Waals surface area contributed by atoms with E-state index in [1.807, 2.05) is 24.3 Å². The van der Waals surface area contributed by atoms with Crippen LogP contribution in [0.25, 0.3) is 16.9 Å². The Bertz CT molecular complexity index is 1220. The van der Waals surface area contributed by atoms with E-state index in [1.165, 1.54) is 0 Å². The molecule has 0 fully saturated rings. The molecular weight excluding hydrogens is 392 g/mol. The average Bonchev–Trinajstić information content (AvgIpc) is 3.47. The van der Waals surface area contributed by atoms with Gasteiger partial charge < -0.3 is 10.1 Å². The molecule has 0 spiro atoms. The molecule has 0 radical (unpaired) electrons. The number of carbonyl (C=O) groups is 1. The second-order valence-electron chi connectivity index (χ2n) is 6.81. The van der Waals surface area contributed by atoms with E-state index in [4.69, 9.17) is 4.74 Å². The Morgan fingerprint density at radius 3 is 2.77 bits per heavy atom. The van der Waals surface area contributed by atoms with E-state index in [9.17, 15) is 4.79 Å². The van der Waals surface area contributed by atoms with Crippen molar-refractivity contribution >= 4 is 11.6 Å². The molecule has 1 aromatic carbocycles. The molecule has 156 valence electrons. The van der Waals surface area contributed by atoms with Crippen molar-refractivity contribution < 1.29 is 9.53 Å². The number of nitrogens with one attached hydrogen (secondary N) is 2. The molecule has 1 amide bonds. The minimum atomic E-state index is -0.124. The predicted molar refractivity (Wildman–Crippen MR) is 116 cm³/mol. The first-order valence-corrected chi connectivity index (χ1v) is 10.1. The minimum Gasteiger partial charge on any atom is -0.380 e. The van der Waals surface area contributed by atoms with Crippen LogP contribution >= 0.6 is 0 Å². The summed E-state index contributed by atoms with van der Waals surface area (Å²) in [5.41, 5.74) is 4.43. The van der Waals surface area contributed by atoms with Gasteiger partial charge in [-0.1, -0.05) is 25.0 Å².